The number of aromatic nitrogens is 3. The van der Waals surface area contributed by atoms with Gasteiger partial charge < -0.3 is 29.6 Å². The molecule has 0 bridgehead atoms. The van der Waals surface area contributed by atoms with Gasteiger partial charge in [-0.05, 0) is 43.4 Å². The number of carbonyl (C=O) groups is 3. The second-order valence-electron chi connectivity index (χ2n) is 11.8. The number of nitrogens with zero attached hydrogens (tertiary/aromatic N) is 4. The molecule has 4 aromatic rings. The normalized spacial score (nSPS) is 15.1. The first kappa shape index (κ1) is 30.8. The molecule has 0 radical (unpaired) electrons. The van der Waals surface area contributed by atoms with Gasteiger partial charge in [-0.1, -0.05) is 51.0 Å². The highest BCUT2D eigenvalue weighted by molar-refractivity contribution is 6.04. The first-order valence-corrected chi connectivity index (χ1v) is 15.3. The Hall–Kier alpha value is -4.67. The van der Waals surface area contributed by atoms with Crippen molar-refractivity contribution in [2.45, 2.75) is 64.5 Å². The van der Waals surface area contributed by atoms with Crippen molar-refractivity contribution in [3.8, 4) is 11.3 Å². The number of amides is 3. The summed E-state index contributed by atoms with van der Waals surface area (Å²) in [5, 5.41) is 16.6. The maximum Gasteiger partial charge on any atom is 0.326 e. The first-order valence-electron chi connectivity index (χ1n) is 15.3. The third-order valence-corrected chi connectivity index (χ3v) is 7.94. The van der Waals surface area contributed by atoms with E-state index in [2.05, 4.69) is 20.6 Å². The lowest BCUT2D eigenvalue weighted by Crippen LogP contribution is -2.43. The Morgan fingerprint density at radius 2 is 1.73 bits per heavy atom. The molecular weight excluding hydrogens is 560 g/mol. The summed E-state index contributed by atoms with van der Waals surface area (Å²) in [5.41, 5.74) is 2.06. The van der Waals surface area contributed by atoms with Crippen LogP contribution in [-0.4, -0.2) is 61.6 Å². The Balaban J connectivity index is 1.53. The predicted molar refractivity (Wildman–Crippen MR) is 166 cm³/mol. The molecule has 1 aromatic carbocycles. The number of carbonyl (C=O) groups excluding carboxylic acids is 2. The van der Waals surface area contributed by atoms with Crippen LogP contribution in [0.25, 0.3) is 22.2 Å². The molecule has 1 fully saturated rings. The molecule has 232 valence electrons. The van der Waals surface area contributed by atoms with Crippen LogP contribution in [0.3, 0.4) is 0 Å². The van der Waals surface area contributed by atoms with E-state index in [1.54, 1.807) is 24.4 Å². The van der Waals surface area contributed by atoms with Crippen LogP contribution in [0.15, 0.2) is 59.3 Å². The van der Waals surface area contributed by atoms with Crippen LogP contribution in [-0.2, 0) is 18.3 Å². The zero-order chi connectivity index (χ0) is 31.2. The Morgan fingerprint density at radius 3 is 2.41 bits per heavy atom. The van der Waals surface area contributed by atoms with Crippen molar-refractivity contribution in [1.29, 1.82) is 0 Å². The van der Waals surface area contributed by atoms with E-state index in [0.717, 1.165) is 36.6 Å². The quantitative estimate of drug-likeness (QED) is 0.223. The topological polar surface area (TPSA) is 143 Å². The average molecular weight is 601 g/mol. The molecule has 0 unspecified atom stereocenters. The van der Waals surface area contributed by atoms with Gasteiger partial charge in [-0.3, -0.25) is 9.78 Å². The van der Waals surface area contributed by atoms with Crippen molar-refractivity contribution in [2.75, 3.05) is 13.1 Å². The summed E-state index contributed by atoms with van der Waals surface area (Å²) in [6.45, 7) is 5.46. The van der Waals surface area contributed by atoms with Crippen LogP contribution in [0, 0.1) is 5.92 Å². The number of carboxylic acid groups (broad SMARTS) is 1. The van der Waals surface area contributed by atoms with Crippen LogP contribution in [0.5, 0.6) is 0 Å². The molecule has 3 aromatic heterocycles. The molecule has 11 nitrogen and oxygen atoms in total. The molecule has 0 spiro atoms. The summed E-state index contributed by atoms with van der Waals surface area (Å²) >= 11 is 0. The highest BCUT2D eigenvalue weighted by Crippen LogP contribution is 2.35. The Kier molecular flexibility index (Phi) is 9.62. The number of pyridine rings is 1. The number of rotatable bonds is 10. The van der Waals surface area contributed by atoms with Gasteiger partial charge in [-0.2, -0.15) is 0 Å². The standard InChI is InChI=1S/C33H40N6O5/c1-21(2)18-25(36-33(43)39-16-10-4-5-11-17-39)31-37-28(29(44-31)24-20-38(3)27-14-7-6-13-23(24)27)30(40)35-26(32(41)42)19-22-12-8-9-15-34-22/h6-9,12-15,20-21,25-26H,4-5,10-11,16-19H2,1-3H3,(H,35,40)(H,36,43)(H,41,42)/t25-,26+/m0/s1. The molecule has 0 aliphatic carbocycles. The van der Waals surface area contributed by atoms with E-state index in [9.17, 15) is 19.5 Å². The highest BCUT2D eigenvalue weighted by Gasteiger charge is 2.32. The van der Waals surface area contributed by atoms with Gasteiger partial charge in [0.1, 0.15) is 12.1 Å². The van der Waals surface area contributed by atoms with Gasteiger partial charge >= 0.3 is 12.0 Å². The van der Waals surface area contributed by atoms with Gasteiger partial charge in [0.25, 0.3) is 5.91 Å². The number of oxazole rings is 1. The molecule has 3 amide bonds. The number of carboxylic acids is 1. The second kappa shape index (κ2) is 13.7. The molecule has 2 atom stereocenters. The highest BCUT2D eigenvalue weighted by atomic mass is 16.4. The summed E-state index contributed by atoms with van der Waals surface area (Å²) in [5.74, 6) is -1.28. The summed E-state index contributed by atoms with van der Waals surface area (Å²) in [6, 6.07) is 10.9. The number of hydrogen-bond acceptors (Lipinski definition) is 6. The van der Waals surface area contributed by atoms with E-state index in [-0.39, 0.29) is 35.7 Å². The van der Waals surface area contributed by atoms with Gasteiger partial charge in [-0.15, -0.1) is 0 Å². The predicted octanol–water partition coefficient (Wildman–Crippen LogP) is 5.33. The van der Waals surface area contributed by atoms with Crippen LogP contribution >= 0.6 is 0 Å². The molecular formula is C33H40N6O5. The van der Waals surface area contributed by atoms with Crippen molar-refractivity contribution < 1.29 is 23.9 Å². The number of aryl methyl sites for hydroxylation is 1. The smallest absolute Gasteiger partial charge is 0.326 e. The van der Waals surface area contributed by atoms with Crippen molar-refractivity contribution in [3.63, 3.8) is 0 Å². The van der Waals surface area contributed by atoms with E-state index in [0.29, 0.717) is 30.8 Å². The van der Waals surface area contributed by atoms with Crippen molar-refractivity contribution in [1.82, 2.24) is 30.1 Å². The van der Waals surface area contributed by atoms with Crippen molar-refractivity contribution >= 4 is 28.8 Å². The number of benzene rings is 1. The number of urea groups is 1. The van der Waals surface area contributed by atoms with Gasteiger partial charge in [0.15, 0.2) is 11.5 Å². The Morgan fingerprint density at radius 1 is 1.00 bits per heavy atom. The van der Waals surface area contributed by atoms with Gasteiger partial charge in [0.2, 0.25) is 5.89 Å². The summed E-state index contributed by atoms with van der Waals surface area (Å²) in [4.78, 5) is 50.1. The number of likely N-dealkylation sites (tertiary alicyclic amines) is 1. The van der Waals surface area contributed by atoms with Gasteiger partial charge in [0.05, 0.1) is 0 Å². The minimum absolute atomic E-state index is 0.00190. The zero-order valence-electron chi connectivity index (χ0n) is 25.5. The molecule has 11 heteroatoms. The third-order valence-electron chi connectivity index (χ3n) is 7.94. The first-order chi connectivity index (χ1) is 21.2. The average Bonchev–Trinajstić information content (AvgIpc) is 3.46. The Bertz CT molecular complexity index is 1600. The number of nitrogens with one attached hydrogen (secondary N) is 2. The summed E-state index contributed by atoms with van der Waals surface area (Å²) in [7, 11) is 1.90. The zero-order valence-corrected chi connectivity index (χ0v) is 25.5. The van der Waals surface area contributed by atoms with Crippen LogP contribution in [0.1, 0.15) is 74.1 Å². The van der Waals surface area contributed by atoms with E-state index < -0.39 is 24.0 Å². The SMILES string of the molecule is CC(C)C[C@H](NC(=O)N1CCCCCC1)c1nc(C(=O)N[C@H](Cc2ccccn2)C(=O)O)c(-c2cn(C)c3ccccc23)o1. The second-order valence-corrected chi connectivity index (χ2v) is 11.8. The fraction of sp³-hybridized carbons (Fsp3) is 0.424. The molecule has 1 aliphatic rings. The van der Waals surface area contributed by atoms with E-state index in [1.807, 2.05) is 60.8 Å². The lowest BCUT2D eigenvalue weighted by Gasteiger charge is -2.25. The third kappa shape index (κ3) is 7.10. The van der Waals surface area contributed by atoms with E-state index in [1.165, 1.54) is 0 Å². The maximum atomic E-state index is 13.8. The number of hydrogen-bond donors (Lipinski definition) is 3. The monoisotopic (exact) mass is 600 g/mol. The van der Waals surface area contributed by atoms with Gasteiger partial charge in [0, 0.05) is 61.1 Å². The van der Waals surface area contributed by atoms with Crippen molar-refractivity contribution in [3.05, 3.63) is 72.1 Å². The maximum absolute atomic E-state index is 13.8. The largest absolute Gasteiger partial charge is 0.480 e. The van der Waals surface area contributed by atoms with Crippen LogP contribution < -0.4 is 10.6 Å². The van der Waals surface area contributed by atoms with Crippen LogP contribution in [0.2, 0.25) is 0 Å². The Labute approximate surface area is 256 Å². The summed E-state index contributed by atoms with van der Waals surface area (Å²) in [6.07, 6.45) is 8.09. The minimum atomic E-state index is -1.24. The number of fused-ring (bicyclic) bond motifs is 1. The molecule has 5 rings (SSSR count). The number of para-hydroxylation sites is 1. The van der Waals surface area contributed by atoms with E-state index in [4.69, 9.17) is 4.42 Å². The fourth-order valence-corrected chi connectivity index (χ4v) is 5.71. The fourth-order valence-electron chi connectivity index (χ4n) is 5.71. The molecule has 1 aliphatic heterocycles. The molecule has 3 N–H and O–H groups in total. The molecule has 4 heterocycles. The lowest BCUT2D eigenvalue weighted by atomic mass is 10.0. The molecule has 1 saturated heterocycles. The molecule has 0 saturated carbocycles. The lowest BCUT2D eigenvalue weighted by molar-refractivity contribution is -0.139. The molecule has 44 heavy (non-hydrogen) atoms. The van der Waals surface area contributed by atoms with Crippen LogP contribution in [0.4, 0.5) is 4.79 Å². The van der Waals surface area contributed by atoms with Crippen molar-refractivity contribution in [2.24, 2.45) is 13.0 Å². The minimum Gasteiger partial charge on any atom is -0.480 e. The van der Waals surface area contributed by atoms with Gasteiger partial charge in [-0.25, -0.2) is 14.6 Å². The number of aliphatic carboxylic acids is 1. The summed E-state index contributed by atoms with van der Waals surface area (Å²) < 4.78 is 8.33. The van der Waals surface area contributed by atoms with E-state index >= 15 is 0 Å².